The predicted molar refractivity (Wildman–Crippen MR) is 137 cm³/mol. The van der Waals surface area contributed by atoms with Crippen molar-refractivity contribution in [1.29, 1.82) is 0 Å². The summed E-state index contributed by atoms with van der Waals surface area (Å²) in [7, 11) is 0. The van der Waals surface area contributed by atoms with Crippen LogP contribution in [0.4, 0.5) is 9.18 Å². The van der Waals surface area contributed by atoms with Gasteiger partial charge in [-0.3, -0.25) is 5.10 Å². The van der Waals surface area contributed by atoms with Gasteiger partial charge in [0.1, 0.15) is 11.4 Å². The van der Waals surface area contributed by atoms with Crippen LogP contribution in [-0.4, -0.2) is 52.3 Å². The molecule has 1 saturated heterocycles. The molecule has 35 heavy (non-hydrogen) atoms. The van der Waals surface area contributed by atoms with E-state index in [1.807, 2.05) is 32.9 Å². The van der Waals surface area contributed by atoms with Crippen LogP contribution in [0.2, 0.25) is 5.02 Å². The number of aromatic nitrogens is 2. The number of allylic oxidation sites excluding steroid dienone is 2. The zero-order valence-corrected chi connectivity index (χ0v) is 21.0. The molecule has 1 aromatic carbocycles. The number of halogens is 2. The van der Waals surface area contributed by atoms with Crippen LogP contribution in [0.15, 0.2) is 47.7 Å². The zero-order valence-electron chi connectivity index (χ0n) is 20.2. The SMILES string of the molecule is CC(C)(C)OC(=O)N1CCC(N)CC1.Fc1ccc(/C2=C(\c3ccn[nH]3)C/C=C\N=CN2)c(Cl)c1. The first kappa shape index (κ1) is 26.4. The molecule has 2 aromatic rings. The molecule has 1 amide bonds. The third-order valence-electron chi connectivity index (χ3n) is 5.32. The Morgan fingerprint density at radius 2 is 2.00 bits per heavy atom. The van der Waals surface area contributed by atoms with E-state index in [4.69, 9.17) is 22.1 Å². The molecule has 0 atom stereocenters. The topological polar surface area (TPSA) is 109 Å². The maximum atomic E-state index is 13.3. The summed E-state index contributed by atoms with van der Waals surface area (Å²) in [6.07, 6.45) is 9.08. The number of nitrogens with two attached hydrogens (primary N) is 1. The van der Waals surface area contributed by atoms with Crippen LogP contribution in [0.3, 0.4) is 0 Å². The largest absolute Gasteiger partial charge is 0.444 e. The minimum absolute atomic E-state index is 0.218. The molecule has 2 aliphatic rings. The van der Waals surface area contributed by atoms with Crippen LogP contribution in [0.25, 0.3) is 11.3 Å². The molecule has 0 aliphatic carbocycles. The first-order valence-electron chi connectivity index (χ1n) is 11.5. The Labute approximate surface area is 210 Å². The Kier molecular flexibility index (Phi) is 9.06. The number of H-pyrrole nitrogens is 1. The number of aromatic amines is 1. The molecular formula is C25H32ClFN6O2. The lowest BCUT2D eigenvalue weighted by atomic mass is 10.0. The van der Waals surface area contributed by atoms with E-state index in [1.54, 1.807) is 29.7 Å². The lowest BCUT2D eigenvalue weighted by molar-refractivity contribution is 0.0207. The second-order valence-electron chi connectivity index (χ2n) is 9.26. The average molecular weight is 503 g/mol. The standard InChI is InChI=1S/C15H12ClFN4.C10H20N2O2/c16-13-8-10(17)3-4-11(13)15-12(14-5-7-20-21-14)2-1-6-18-9-19-15;1-10(2,3)14-9(13)12-6-4-8(11)5-7-12/h1,3-9H,2H2,(H,18,19)(H,20,21);8H,4-7,11H2,1-3H3/b6-1-,15-12+;. The molecule has 188 valence electrons. The smallest absolute Gasteiger partial charge is 0.410 e. The van der Waals surface area contributed by atoms with Gasteiger partial charge in [0, 0.05) is 42.7 Å². The van der Waals surface area contributed by atoms with Gasteiger partial charge in [0.2, 0.25) is 0 Å². The summed E-state index contributed by atoms with van der Waals surface area (Å²) >= 11 is 6.18. The van der Waals surface area contributed by atoms with Crippen molar-refractivity contribution < 1.29 is 13.9 Å². The van der Waals surface area contributed by atoms with Crippen molar-refractivity contribution >= 4 is 35.3 Å². The zero-order chi connectivity index (χ0) is 25.4. The highest BCUT2D eigenvalue weighted by Gasteiger charge is 2.25. The van der Waals surface area contributed by atoms with Gasteiger partial charge in [-0.2, -0.15) is 5.10 Å². The lowest BCUT2D eigenvalue weighted by Crippen LogP contribution is -2.44. The summed E-state index contributed by atoms with van der Waals surface area (Å²) in [6, 6.07) is 6.44. The van der Waals surface area contributed by atoms with E-state index in [-0.39, 0.29) is 18.0 Å². The number of hydrogen-bond acceptors (Lipinski definition) is 6. The number of hydrogen-bond donors (Lipinski definition) is 3. The fraction of sp³-hybridized carbons (Fsp3) is 0.400. The molecule has 0 spiro atoms. The van der Waals surface area contributed by atoms with Gasteiger partial charge in [-0.05, 0) is 64.3 Å². The number of piperidine rings is 1. The van der Waals surface area contributed by atoms with Gasteiger partial charge in [-0.15, -0.1) is 0 Å². The third-order valence-corrected chi connectivity index (χ3v) is 5.63. The fourth-order valence-electron chi connectivity index (χ4n) is 3.58. The molecule has 0 unspecified atom stereocenters. The van der Waals surface area contributed by atoms with Gasteiger partial charge in [-0.25, -0.2) is 14.2 Å². The number of ether oxygens (including phenoxy) is 1. The fourth-order valence-corrected chi connectivity index (χ4v) is 3.84. The normalized spacial score (nSPS) is 19.7. The summed E-state index contributed by atoms with van der Waals surface area (Å²) in [5.74, 6) is -0.369. The monoisotopic (exact) mass is 502 g/mol. The number of aliphatic imine (C=N–C) groups is 1. The van der Waals surface area contributed by atoms with E-state index in [9.17, 15) is 9.18 Å². The summed E-state index contributed by atoms with van der Waals surface area (Å²) in [6.45, 7) is 7.06. The minimum atomic E-state index is -0.406. The van der Waals surface area contributed by atoms with E-state index in [0.29, 0.717) is 17.0 Å². The molecular weight excluding hydrogens is 471 g/mol. The first-order chi connectivity index (χ1) is 16.6. The second-order valence-corrected chi connectivity index (χ2v) is 9.67. The predicted octanol–water partition coefficient (Wildman–Crippen LogP) is 4.95. The van der Waals surface area contributed by atoms with Crippen molar-refractivity contribution in [2.75, 3.05) is 13.1 Å². The third kappa shape index (κ3) is 7.93. The molecule has 8 nitrogen and oxygen atoms in total. The summed E-state index contributed by atoms with van der Waals surface area (Å²) < 4.78 is 18.5. The second kappa shape index (κ2) is 12.0. The number of benzene rings is 1. The lowest BCUT2D eigenvalue weighted by Gasteiger charge is -2.32. The minimum Gasteiger partial charge on any atom is -0.444 e. The Hall–Kier alpha value is -3.17. The highest BCUT2D eigenvalue weighted by molar-refractivity contribution is 6.32. The Balaban J connectivity index is 0.000000214. The molecule has 4 rings (SSSR count). The van der Waals surface area contributed by atoms with Gasteiger partial charge in [0.25, 0.3) is 0 Å². The molecule has 0 saturated carbocycles. The molecule has 0 radical (unpaired) electrons. The number of nitrogens with zero attached hydrogens (tertiary/aromatic N) is 3. The molecule has 2 aliphatic heterocycles. The van der Waals surface area contributed by atoms with E-state index in [0.717, 1.165) is 42.9 Å². The summed E-state index contributed by atoms with van der Waals surface area (Å²) in [4.78, 5) is 17.4. The number of amides is 1. The van der Waals surface area contributed by atoms with Crippen molar-refractivity contribution in [1.82, 2.24) is 20.4 Å². The van der Waals surface area contributed by atoms with Gasteiger partial charge >= 0.3 is 6.09 Å². The number of likely N-dealkylation sites (tertiary alicyclic amines) is 1. The van der Waals surface area contributed by atoms with Crippen molar-refractivity contribution in [3.05, 3.63) is 64.8 Å². The highest BCUT2D eigenvalue weighted by atomic mass is 35.5. The van der Waals surface area contributed by atoms with Crippen molar-refractivity contribution in [3.63, 3.8) is 0 Å². The van der Waals surface area contributed by atoms with Crippen molar-refractivity contribution in [2.24, 2.45) is 10.7 Å². The maximum Gasteiger partial charge on any atom is 0.410 e. The van der Waals surface area contributed by atoms with Crippen molar-refractivity contribution in [2.45, 2.75) is 51.7 Å². The molecule has 4 N–H and O–H groups in total. The first-order valence-corrected chi connectivity index (χ1v) is 11.9. The van der Waals surface area contributed by atoms with Gasteiger partial charge in [0.15, 0.2) is 0 Å². The quantitative estimate of drug-likeness (QED) is 0.538. The van der Waals surface area contributed by atoms with Gasteiger partial charge in [-0.1, -0.05) is 17.7 Å². The Bertz CT molecular complexity index is 1080. The number of carbonyl (C=O) groups is 1. The molecule has 3 heterocycles. The average Bonchev–Trinajstić information content (AvgIpc) is 3.29. The van der Waals surface area contributed by atoms with Crippen LogP contribution in [-0.2, 0) is 4.74 Å². The van der Waals surface area contributed by atoms with Crippen LogP contribution in [0.5, 0.6) is 0 Å². The molecule has 10 heteroatoms. The molecule has 1 fully saturated rings. The van der Waals surface area contributed by atoms with Crippen LogP contribution >= 0.6 is 11.6 Å². The van der Waals surface area contributed by atoms with Gasteiger partial charge < -0.3 is 20.7 Å². The number of rotatable bonds is 2. The van der Waals surface area contributed by atoms with E-state index in [2.05, 4.69) is 20.5 Å². The molecule has 1 aromatic heterocycles. The number of nitrogens with one attached hydrogen (secondary N) is 2. The van der Waals surface area contributed by atoms with Gasteiger partial charge in [0.05, 0.1) is 22.8 Å². The van der Waals surface area contributed by atoms with Crippen LogP contribution in [0, 0.1) is 5.82 Å². The van der Waals surface area contributed by atoms with Crippen molar-refractivity contribution in [3.8, 4) is 0 Å². The van der Waals surface area contributed by atoms with Crippen LogP contribution < -0.4 is 11.1 Å². The highest BCUT2D eigenvalue weighted by Crippen LogP contribution is 2.31. The summed E-state index contributed by atoms with van der Waals surface area (Å²) in [5.41, 5.74) is 8.68. The Morgan fingerprint density at radius 3 is 2.63 bits per heavy atom. The van der Waals surface area contributed by atoms with E-state index < -0.39 is 5.60 Å². The van der Waals surface area contributed by atoms with Crippen LogP contribution in [0.1, 0.15) is 51.3 Å². The van der Waals surface area contributed by atoms with E-state index in [1.165, 1.54) is 12.1 Å². The maximum absolute atomic E-state index is 13.3. The number of carbonyl (C=O) groups excluding carboxylic acids is 1. The Morgan fingerprint density at radius 1 is 1.26 bits per heavy atom. The summed E-state index contributed by atoms with van der Waals surface area (Å²) in [5, 5.41) is 10.4. The van der Waals surface area contributed by atoms with E-state index >= 15 is 0 Å². The molecule has 0 bridgehead atoms.